The second-order valence-electron chi connectivity index (χ2n) is 3.07. The lowest BCUT2D eigenvalue weighted by molar-refractivity contribution is -0.130. The van der Waals surface area contributed by atoms with E-state index >= 15 is 0 Å². The van der Waals surface area contributed by atoms with E-state index in [0.29, 0.717) is 0 Å². The van der Waals surface area contributed by atoms with Gasteiger partial charge in [0.15, 0.2) is 0 Å². The van der Waals surface area contributed by atoms with E-state index in [4.69, 9.17) is 5.11 Å². The molecule has 1 atom stereocenters. The lowest BCUT2D eigenvalue weighted by atomic mass is 10.0. The zero-order valence-corrected chi connectivity index (χ0v) is 7.21. The van der Waals surface area contributed by atoms with Crippen LogP contribution in [0.3, 0.4) is 0 Å². The number of hydrogen-bond donors (Lipinski definition) is 1. The minimum Gasteiger partial charge on any atom is -0.472 e. The molecule has 1 N–H and O–H groups in total. The van der Waals surface area contributed by atoms with Gasteiger partial charge in [-0.15, -0.1) is 0 Å². The molecule has 0 aliphatic carbocycles. The first-order chi connectivity index (χ1) is 5.70. The van der Waals surface area contributed by atoms with Crippen molar-refractivity contribution >= 4 is 5.97 Å². The molecule has 0 aromatic rings. The van der Waals surface area contributed by atoms with Gasteiger partial charge in [0.1, 0.15) is 0 Å². The summed E-state index contributed by atoms with van der Waals surface area (Å²) in [4.78, 5) is 12.3. The summed E-state index contributed by atoms with van der Waals surface area (Å²) in [6.07, 6.45) is 3.35. The van der Waals surface area contributed by atoms with E-state index in [2.05, 4.69) is 16.7 Å². The van der Waals surface area contributed by atoms with Crippen LogP contribution in [0.4, 0.5) is 0 Å². The molecule has 1 saturated heterocycles. The van der Waals surface area contributed by atoms with Crippen LogP contribution in [0.25, 0.3) is 0 Å². The Balaban J connectivity index is 2.51. The van der Waals surface area contributed by atoms with Crippen LogP contribution in [0.1, 0.15) is 19.3 Å². The highest BCUT2D eigenvalue weighted by Gasteiger charge is 2.15. The maximum absolute atomic E-state index is 10.2. The highest BCUT2D eigenvalue weighted by Crippen LogP contribution is 2.13. The third-order valence-electron chi connectivity index (χ3n) is 2.12. The van der Waals surface area contributed by atoms with Crippen molar-refractivity contribution in [2.75, 3.05) is 13.6 Å². The SMILES string of the molecule is CN1CCCCC1C#CC(=O)O. The summed E-state index contributed by atoms with van der Waals surface area (Å²) in [5, 5.41) is 8.34. The van der Waals surface area contributed by atoms with Gasteiger partial charge in [-0.1, -0.05) is 5.92 Å². The summed E-state index contributed by atoms with van der Waals surface area (Å²) in [5.74, 6) is 3.88. The van der Waals surface area contributed by atoms with E-state index in [1.165, 1.54) is 6.42 Å². The van der Waals surface area contributed by atoms with Gasteiger partial charge in [0.2, 0.25) is 0 Å². The monoisotopic (exact) mass is 167 g/mol. The van der Waals surface area contributed by atoms with Crippen molar-refractivity contribution in [3.63, 3.8) is 0 Å². The van der Waals surface area contributed by atoms with Gasteiger partial charge in [0.25, 0.3) is 0 Å². The standard InChI is InChI=1S/C9H13NO2/c1-10-7-3-2-4-8(10)5-6-9(11)12/h8H,2-4,7H2,1H3,(H,11,12). The zero-order chi connectivity index (χ0) is 8.97. The normalized spacial score (nSPS) is 24.2. The van der Waals surface area contributed by atoms with Crippen molar-refractivity contribution in [3.05, 3.63) is 0 Å². The Bertz CT molecular complexity index is 226. The number of hydrogen-bond acceptors (Lipinski definition) is 2. The van der Waals surface area contributed by atoms with Crippen LogP contribution < -0.4 is 0 Å². The number of carboxylic acids is 1. The van der Waals surface area contributed by atoms with Crippen LogP contribution in [0.5, 0.6) is 0 Å². The smallest absolute Gasteiger partial charge is 0.381 e. The largest absolute Gasteiger partial charge is 0.472 e. The van der Waals surface area contributed by atoms with Crippen LogP contribution >= 0.6 is 0 Å². The Kier molecular flexibility index (Phi) is 3.12. The Labute approximate surface area is 72.4 Å². The van der Waals surface area contributed by atoms with Gasteiger partial charge in [-0.25, -0.2) is 4.79 Å². The van der Waals surface area contributed by atoms with E-state index in [1.807, 2.05) is 7.05 Å². The lowest BCUT2D eigenvalue weighted by Crippen LogP contribution is -2.35. The van der Waals surface area contributed by atoms with E-state index in [0.717, 1.165) is 19.4 Å². The maximum Gasteiger partial charge on any atom is 0.381 e. The van der Waals surface area contributed by atoms with E-state index in [-0.39, 0.29) is 6.04 Å². The van der Waals surface area contributed by atoms with Crippen molar-refractivity contribution in [2.24, 2.45) is 0 Å². The van der Waals surface area contributed by atoms with Gasteiger partial charge in [-0.05, 0) is 32.9 Å². The molecule has 1 fully saturated rings. The van der Waals surface area contributed by atoms with Crippen molar-refractivity contribution in [1.82, 2.24) is 4.90 Å². The van der Waals surface area contributed by atoms with Crippen LogP contribution in [-0.2, 0) is 4.79 Å². The van der Waals surface area contributed by atoms with Gasteiger partial charge in [0.05, 0.1) is 6.04 Å². The fourth-order valence-electron chi connectivity index (χ4n) is 1.40. The molecule has 0 aromatic heterocycles. The quantitative estimate of drug-likeness (QED) is 0.536. The van der Waals surface area contributed by atoms with Gasteiger partial charge in [-0.3, -0.25) is 4.90 Å². The van der Waals surface area contributed by atoms with Crippen LogP contribution in [0.15, 0.2) is 0 Å². The van der Waals surface area contributed by atoms with Crippen LogP contribution in [-0.4, -0.2) is 35.6 Å². The second-order valence-corrected chi connectivity index (χ2v) is 3.07. The predicted octanol–water partition coefficient (Wildman–Crippen LogP) is 0.559. The van der Waals surface area contributed by atoms with Gasteiger partial charge < -0.3 is 5.11 Å². The molecular weight excluding hydrogens is 154 g/mol. The highest BCUT2D eigenvalue weighted by atomic mass is 16.4. The minimum absolute atomic E-state index is 0.148. The summed E-state index contributed by atoms with van der Waals surface area (Å²) in [7, 11) is 1.99. The van der Waals surface area contributed by atoms with Gasteiger partial charge in [0, 0.05) is 5.92 Å². The van der Waals surface area contributed by atoms with Crippen molar-refractivity contribution < 1.29 is 9.90 Å². The van der Waals surface area contributed by atoms with Crippen molar-refractivity contribution in [2.45, 2.75) is 25.3 Å². The number of nitrogens with zero attached hydrogens (tertiary/aromatic N) is 1. The maximum atomic E-state index is 10.2. The zero-order valence-electron chi connectivity index (χ0n) is 7.21. The first-order valence-corrected chi connectivity index (χ1v) is 4.15. The van der Waals surface area contributed by atoms with Crippen molar-refractivity contribution in [3.8, 4) is 11.8 Å². The Hall–Kier alpha value is -1.01. The van der Waals surface area contributed by atoms with E-state index in [1.54, 1.807) is 0 Å². The fraction of sp³-hybridized carbons (Fsp3) is 0.667. The van der Waals surface area contributed by atoms with Gasteiger partial charge in [-0.2, -0.15) is 0 Å². The third-order valence-corrected chi connectivity index (χ3v) is 2.12. The average molecular weight is 167 g/mol. The molecule has 1 aliphatic heterocycles. The molecule has 3 nitrogen and oxygen atoms in total. The van der Waals surface area contributed by atoms with Crippen LogP contribution in [0, 0.1) is 11.8 Å². The van der Waals surface area contributed by atoms with Crippen LogP contribution in [0.2, 0.25) is 0 Å². The highest BCUT2D eigenvalue weighted by molar-refractivity contribution is 5.86. The molecule has 0 saturated carbocycles. The minimum atomic E-state index is -1.03. The predicted molar refractivity (Wildman–Crippen MR) is 45.7 cm³/mol. The third kappa shape index (κ3) is 2.55. The lowest BCUT2D eigenvalue weighted by Gasteiger charge is -2.28. The Morgan fingerprint density at radius 1 is 1.58 bits per heavy atom. The molecule has 0 spiro atoms. The molecule has 1 aliphatic rings. The van der Waals surface area contributed by atoms with E-state index in [9.17, 15) is 4.79 Å². The molecule has 3 heteroatoms. The number of carbonyl (C=O) groups is 1. The first-order valence-electron chi connectivity index (χ1n) is 4.15. The summed E-state index contributed by atoms with van der Waals surface area (Å²) in [6.45, 7) is 1.03. The molecule has 12 heavy (non-hydrogen) atoms. The average Bonchev–Trinajstić information content (AvgIpc) is 2.03. The molecular formula is C9H13NO2. The topological polar surface area (TPSA) is 40.5 Å². The number of carboxylic acid groups (broad SMARTS) is 1. The molecule has 0 radical (unpaired) electrons. The van der Waals surface area contributed by atoms with E-state index < -0.39 is 5.97 Å². The molecule has 1 rings (SSSR count). The number of piperidine rings is 1. The Morgan fingerprint density at radius 2 is 2.33 bits per heavy atom. The number of aliphatic carboxylic acids is 1. The molecule has 0 aromatic carbocycles. The fourth-order valence-corrected chi connectivity index (χ4v) is 1.40. The Morgan fingerprint density at radius 3 is 2.92 bits per heavy atom. The summed E-state index contributed by atoms with van der Waals surface area (Å²) >= 11 is 0. The summed E-state index contributed by atoms with van der Waals surface area (Å²) < 4.78 is 0. The molecule has 1 heterocycles. The second kappa shape index (κ2) is 4.13. The first kappa shape index (κ1) is 9.08. The summed E-state index contributed by atoms with van der Waals surface area (Å²) in [5.41, 5.74) is 0. The van der Waals surface area contributed by atoms with Gasteiger partial charge >= 0.3 is 5.97 Å². The molecule has 0 amide bonds. The molecule has 1 unspecified atom stereocenters. The van der Waals surface area contributed by atoms with Crippen molar-refractivity contribution in [1.29, 1.82) is 0 Å². The summed E-state index contributed by atoms with van der Waals surface area (Å²) in [6, 6.07) is 0.148. The number of rotatable bonds is 0. The molecule has 66 valence electrons. The number of likely N-dealkylation sites (tertiary alicyclic amines) is 1. The molecule has 0 bridgehead atoms.